The molecule has 0 amide bonds. The van der Waals surface area contributed by atoms with Crippen LogP contribution in [0.15, 0.2) is 60.7 Å². The number of ketones is 1. The Kier molecular flexibility index (Phi) is 4.94. The molecule has 0 radical (unpaired) electrons. The molecule has 1 aromatic heterocycles. The third-order valence-corrected chi connectivity index (χ3v) is 7.13. The summed E-state index contributed by atoms with van der Waals surface area (Å²) in [6, 6.07) is 19.3. The Balaban J connectivity index is 1.49. The summed E-state index contributed by atoms with van der Waals surface area (Å²) in [7, 11) is 0. The number of para-hydroxylation sites is 1. The molecule has 1 aliphatic carbocycles. The molecule has 0 spiro atoms. The Labute approximate surface area is 183 Å². The minimum atomic E-state index is -0.937. The highest BCUT2D eigenvalue weighted by Crippen LogP contribution is 2.46. The average molecular weight is 432 g/mol. The molecule has 0 bridgehead atoms. The Bertz CT molecular complexity index is 1270. The molecule has 1 aliphatic rings. The number of aliphatic carboxylic acids is 1. The molecule has 156 valence electrons. The molecule has 3 aromatic carbocycles. The second-order valence-electron chi connectivity index (χ2n) is 8.07. The molecule has 5 nitrogen and oxygen atoms in total. The fraction of sp³-hybridized carbons (Fsp3) is 0.240. The first-order valence-corrected chi connectivity index (χ1v) is 11.1. The van der Waals surface area contributed by atoms with Crippen LogP contribution in [0.3, 0.4) is 0 Å². The predicted octanol–water partition coefficient (Wildman–Crippen LogP) is 5.86. The Morgan fingerprint density at radius 2 is 1.81 bits per heavy atom. The summed E-state index contributed by atoms with van der Waals surface area (Å²) in [5, 5.41) is 12.3. The van der Waals surface area contributed by atoms with Gasteiger partial charge >= 0.3 is 5.97 Å². The minimum Gasteiger partial charge on any atom is -0.485 e. The minimum absolute atomic E-state index is 0.00181. The number of carboxylic acids is 1. The number of carbonyl (C=O) groups excluding carboxylic acids is 1. The number of carbonyl (C=O) groups is 2. The molecule has 1 N–H and O–H groups in total. The Morgan fingerprint density at radius 1 is 1.03 bits per heavy atom. The van der Waals surface area contributed by atoms with E-state index in [2.05, 4.69) is 4.98 Å². The smallest absolute Gasteiger partial charge is 0.310 e. The molecule has 5 rings (SSSR count). The van der Waals surface area contributed by atoms with Gasteiger partial charge in [0.1, 0.15) is 17.4 Å². The van der Waals surface area contributed by atoms with Gasteiger partial charge in [0.05, 0.1) is 21.2 Å². The summed E-state index contributed by atoms with van der Waals surface area (Å²) in [5.41, 5.74) is 0.425. The maximum absolute atomic E-state index is 13.2. The molecule has 1 fully saturated rings. The van der Waals surface area contributed by atoms with Crippen molar-refractivity contribution in [2.24, 2.45) is 5.41 Å². The van der Waals surface area contributed by atoms with Crippen LogP contribution < -0.4 is 4.74 Å². The van der Waals surface area contributed by atoms with Gasteiger partial charge in [-0.15, -0.1) is 11.3 Å². The molecule has 1 heterocycles. The van der Waals surface area contributed by atoms with Gasteiger partial charge in [0, 0.05) is 11.8 Å². The van der Waals surface area contributed by atoms with Crippen molar-refractivity contribution in [2.45, 2.75) is 32.3 Å². The molecular formula is C25H21NO4S. The van der Waals surface area contributed by atoms with Gasteiger partial charge in [0.15, 0.2) is 5.78 Å². The molecule has 0 aliphatic heterocycles. The number of benzene rings is 3. The zero-order valence-electron chi connectivity index (χ0n) is 16.8. The van der Waals surface area contributed by atoms with E-state index in [0.29, 0.717) is 24.2 Å². The van der Waals surface area contributed by atoms with E-state index in [0.717, 1.165) is 32.4 Å². The van der Waals surface area contributed by atoms with E-state index in [1.807, 2.05) is 54.6 Å². The number of nitrogens with zero attached hydrogens (tertiary/aromatic N) is 1. The molecule has 1 saturated carbocycles. The van der Waals surface area contributed by atoms with Crippen LogP contribution in [-0.4, -0.2) is 21.8 Å². The SMILES string of the molecule is O=C(CC1(C(=O)O)CCC1)c1ccc2ccccc2c1OCc1nc2ccccc2s1. The number of carboxylic acid groups (broad SMARTS) is 1. The first kappa shape index (κ1) is 19.7. The number of hydrogen-bond acceptors (Lipinski definition) is 5. The van der Waals surface area contributed by atoms with Crippen LogP contribution in [-0.2, 0) is 11.4 Å². The summed E-state index contributed by atoms with van der Waals surface area (Å²) in [6.45, 7) is 0.248. The third kappa shape index (κ3) is 3.57. The summed E-state index contributed by atoms with van der Waals surface area (Å²) in [6.07, 6.45) is 1.93. The van der Waals surface area contributed by atoms with Gasteiger partial charge in [-0.2, -0.15) is 0 Å². The van der Waals surface area contributed by atoms with Gasteiger partial charge in [-0.25, -0.2) is 4.98 Å². The highest BCUT2D eigenvalue weighted by molar-refractivity contribution is 7.18. The Morgan fingerprint density at radius 3 is 2.55 bits per heavy atom. The quantitative estimate of drug-likeness (QED) is 0.371. The van der Waals surface area contributed by atoms with E-state index < -0.39 is 11.4 Å². The maximum atomic E-state index is 13.2. The van der Waals surface area contributed by atoms with Crippen molar-refractivity contribution in [3.63, 3.8) is 0 Å². The van der Waals surface area contributed by atoms with Crippen molar-refractivity contribution in [3.05, 3.63) is 71.2 Å². The van der Waals surface area contributed by atoms with Crippen LogP contribution >= 0.6 is 11.3 Å². The maximum Gasteiger partial charge on any atom is 0.310 e. The second-order valence-corrected chi connectivity index (χ2v) is 9.18. The van der Waals surface area contributed by atoms with E-state index in [4.69, 9.17) is 4.74 Å². The number of aromatic nitrogens is 1. The monoisotopic (exact) mass is 431 g/mol. The predicted molar refractivity (Wildman–Crippen MR) is 121 cm³/mol. The second kappa shape index (κ2) is 7.78. The lowest BCUT2D eigenvalue weighted by molar-refractivity contribution is -0.154. The van der Waals surface area contributed by atoms with Crippen molar-refractivity contribution >= 4 is 44.1 Å². The lowest BCUT2D eigenvalue weighted by atomic mass is 9.65. The Hall–Kier alpha value is -3.25. The average Bonchev–Trinajstić information content (AvgIpc) is 3.17. The van der Waals surface area contributed by atoms with Crippen LogP contribution in [0.4, 0.5) is 0 Å². The van der Waals surface area contributed by atoms with Gasteiger partial charge in [-0.3, -0.25) is 9.59 Å². The first-order valence-electron chi connectivity index (χ1n) is 10.3. The standard InChI is InChI=1S/C25H21NO4S/c27-20(14-25(24(28)29)12-5-13-25)18-11-10-16-6-1-2-7-17(16)23(18)30-15-22-26-19-8-3-4-9-21(19)31-22/h1-4,6-11H,5,12-15H2,(H,28,29). The molecular weight excluding hydrogens is 410 g/mol. The number of fused-ring (bicyclic) bond motifs is 2. The number of rotatable bonds is 7. The van der Waals surface area contributed by atoms with E-state index in [-0.39, 0.29) is 18.8 Å². The van der Waals surface area contributed by atoms with Gasteiger partial charge < -0.3 is 9.84 Å². The van der Waals surface area contributed by atoms with Crippen molar-refractivity contribution < 1.29 is 19.4 Å². The molecule has 6 heteroatoms. The van der Waals surface area contributed by atoms with Crippen molar-refractivity contribution in [3.8, 4) is 5.75 Å². The van der Waals surface area contributed by atoms with Crippen LogP contribution in [0.25, 0.3) is 21.0 Å². The van der Waals surface area contributed by atoms with Crippen molar-refractivity contribution in [2.75, 3.05) is 0 Å². The number of Topliss-reactive ketones (excluding diaryl/α,β-unsaturated/α-hetero) is 1. The lowest BCUT2D eigenvalue weighted by Gasteiger charge is -2.37. The summed E-state index contributed by atoms with van der Waals surface area (Å²) >= 11 is 1.56. The molecule has 4 aromatic rings. The van der Waals surface area contributed by atoms with Gasteiger partial charge in [0.2, 0.25) is 0 Å². The van der Waals surface area contributed by atoms with Crippen molar-refractivity contribution in [1.29, 1.82) is 0 Å². The van der Waals surface area contributed by atoms with Gasteiger partial charge in [-0.1, -0.05) is 48.9 Å². The fourth-order valence-electron chi connectivity index (χ4n) is 4.21. The zero-order valence-corrected chi connectivity index (χ0v) is 17.7. The summed E-state index contributed by atoms with van der Waals surface area (Å²) < 4.78 is 7.28. The van der Waals surface area contributed by atoms with Crippen LogP contribution in [0.1, 0.15) is 41.0 Å². The summed E-state index contributed by atoms with van der Waals surface area (Å²) in [5.74, 6) is -0.570. The van der Waals surface area contributed by atoms with Crippen LogP contribution in [0, 0.1) is 5.41 Å². The first-order chi connectivity index (χ1) is 15.1. The number of hydrogen-bond donors (Lipinski definition) is 1. The normalized spacial score (nSPS) is 15.0. The van der Waals surface area contributed by atoms with E-state index in [1.165, 1.54) is 0 Å². The van der Waals surface area contributed by atoms with Crippen LogP contribution in [0.2, 0.25) is 0 Å². The number of thiazole rings is 1. The largest absolute Gasteiger partial charge is 0.485 e. The van der Waals surface area contributed by atoms with Crippen molar-refractivity contribution in [1.82, 2.24) is 4.98 Å². The lowest BCUT2D eigenvalue weighted by Crippen LogP contribution is -2.39. The zero-order chi connectivity index (χ0) is 21.4. The topological polar surface area (TPSA) is 76.5 Å². The van der Waals surface area contributed by atoms with Gasteiger partial charge in [-0.05, 0) is 36.4 Å². The van der Waals surface area contributed by atoms with Gasteiger partial charge in [0.25, 0.3) is 0 Å². The number of ether oxygens (including phenoxy) is 1. The summed E-state index contributed by atoms with van der Waals surface area (Å²) in [4.78, 5) is 29.6. The molecule has 0 atom stereocenters. The third-order valence-electron chi connectivity index (χ3n) is 6.12. The van der Waals surface area contributed by atoms with E-state index >= 15 is 0 Å². The van der Waals surface area contributed by atoms with Crippen LogP contribution in [0.5, 0.6) is 5.75 Å². The highest BCUT2D eigenvalue weighted by atomic mass is 32.1. The molecule has 0 saturated heterocycles. The molecule has 0 unspecified atom stereocenters. The highest BCUT2D eigenvalue weighted by Gasteiger charge is 2.46. The molecule has 31 heavy (non-hydrogen) atoms. The fourth-order valence-corrected chi connectivity index (χ4v) is 5.09. The van der Waals surface area contributed by atoms with E-state index in [1.54, 1.807) is 17.4 Å². The van der Waals surface area contributed by atoms with E-state index in [9.17, 15) is 14.7 Å².